The van der Waals surface area contributed by atoms with E-state index >= 15 is 0 Å². The number of ether oxygens (including phenoxy) is 1. The second kappa shape index (κ2) is 10.5. The number of nitrogens with one attached hydrogen (secondary N) is 2. The van der Waals surface area contributed by atoms with Crippen molar-refractivity contribution < 1.29 is 23.1 Å². The lowest BCUT2D eigenvalue weighted by Gasteiger charge is -2.31. The highest BCUT2D eigenvalue weighted by Crippen LogP contribution is 2.29. The summed E-state index contributed by atoms with van der Waals surface area (Å²) in [5, 5.41) is 16.1. The number of amides is 1. The summed E-state index contributed by atoms with van der Waals surface area (Å²) in [6.07, 6.45) is 1.28. The van der Waals surface area contributed by atoms with Crippen LogP contribution in [0, 0.1) is 0 Å². The number of carbonyl (C=O) groups is 1. The molecule has 1 fully saturated rings. The van der Waals surface area contributed by atoms with Gasteiger partial charge >= 0.3 is 0 Å². The zero-order valence-electron chi connectivity index (χ0n) is 18.7. The molecule has 10 heteroatoms. The zero-order chi connectivity index (χ0) is 24.1. The number of hydrogen-bond donors (Lipinski definition) is 3. The van der Waals surface area contributed by atoms with Gasteiger partial charge in [-0.1, -0.05) is 18.2 Å². The van der Waals surface area contributed by atoms with Gasteiger partial charge in [0.15, 0.2) is 0 Å². The number of thiophene rings is 1. The molecule has 0 saturated carbocycles. The van der Waals surface area contributed by atoms with Crippen LogP contribution in [0.5, 0.6) is 11.5 Å². The first-order chi connectivity index (χ1) is 16.4. The fourth-order valence-corrected chi connectivity index (χ4v) is 6.73. The van der Waals surface area contributed by atoms with Crippen molar-refractivity contribution in [2.24, 2.45) is 0 Å². The van der Waals surface area contributed by atoms with Crippen molar-refractivity contribution in [2.45, 2.75) is 29.6 Å². The van der Waals surface area contributed by atoms with Gasteiger partial charge in [0.1, 0.15) is 15.7 Å². The molecule has 0 aliphatic carbocycles. The van der Waals surface area contributed by atoms with Gasteiger partial charge < -0.3 is 20.5 Å². The quantitative estimate of drug-likeness (QED) is 0.407. The van der Waals surface area contributed by atoms with Gasteiger partial charge in [0.25, 0.3) is 15.9 Å². The number of anilines is 1. The van der Waals surface area contributed by atoms with Crippen molar-refractivity contribution in [1.29, 1.82) is 0 Å². The number of phenols is 1. The number of rotatable bonds is 8. The van der Waals surface area contributed by atoms with Crippen molar-refractivity contribution in [3.63, 3.8) is 0 Å². The lowest BCUT2D eigenvalue weighted by Crippen LogP contribution is -2.42. The van der Waals surface area contributed by atoms with Gasteiger partial charge in [0.2, 0.25) is 0 Å². The number of sulfonamides is 1. The molecule has 8 nitrogen and oxygen atoms in total. The normalized spacial score (nSPS) is 15.1. The number of para-hydroxylation sites is 2. The van der Waals surface area contributed by atoms with E-state index in [0.29, 0.717) is 42.9 Å². The average molecular weight is 502 g/mol. The minimum atomic E-state index is -3.60. The Labute approximate surface area is 203 Å². The molecule has 3 aromatic rings. The number of methoxy groups -OCH3 is 1. The second-order valence-corrected chi connectivity index (χ2v) is 11.3. The van der Waals surface area contributed by atoms with Crippen LogP contribution in [0.15, 0.2) is 64.9 Å². The van der Waals surface area contributed by atoms with E-state index in [1.807, 2.05) is 6.07 Å². The fourth-order valence-electron chi connectivity index (χ4n) is 3.81. The molecular weight excluding hydrogens is 474 g/mol. The monoisotopic (exact) mass is 501 g/mol. The van der Waals surface area contributed by atoms with Gasteiger partial charge in [0.05, 0.1) is 19.3 Å². The topological polar surface area (TPSA) is 108 Å². The van der Waals surface area contributed by atoms with Crippen molar-refractivity contribution in [3.05, 3.63) is 71.1 Å². The third kappa shape index (κ3) is 5.52. The van der Waals surface area contributed by atoms with Crippen LogP contribution >= 0.6 is 11.3 Å². The van der Waals surface area contributed by atoms with Gasteiger partial charge in [-0.2, -0.15) is 4.31 Å². The van der Waals surface area contributed by atoms with Crippen LogP contribution in [0.4, 0.5) is 5.69 Å². The van der Waals surface area contributed by atoms with Gasteiger partial charge in [-0.25, -0.2) is 8.42 Å². The molecule has 0 bridgehead atoms. The highest BCUT2D eigenvalue weighted by molar-refractivity contribution is 7.91. The predicted octanol–water partition coefficient (Wildman–Crippen LogP) is 3.66. The van der Waals surface area contributed by atoms with Crippen LogP contribution in [0.25, 0.3) is 0 Å². The van der Waals surface area contributed by atoms with E-state index in [1.165, 1.54) is 22.8 Å². The van der Waals surface area contributed by atoms with E-state index in [4.69, 9.17) is 4.74 Å². The highest BCUT2D eigenvalue weighted by Gasteiger charge is 2.30. The smallest absolute Gasteiger partial charge is 0.252 e. The molecule has 0 unspecified atom stereocenters. The van der Waals surface area contributed by atoms with E-state index < -0.39 is 10.0 Å². The number of phenolic OH excluding ortho intramolecular Hbond substituents is 1. The molecule has 180 valence electrons. The summed E-state index contributed by atoms with van der Waals surface area (Å²) in [6.45, 7) is 1.03. The maximum Gasteiger partial charge on any atom is 0.252 e. The average Bonchev–Trinajstić information content (AvgIpc) is 3.34. The number of hydrogen-bond acceptors (Lipinski definition) is 7. The summed E-state index contributed by atoms with van der Waals surface area (Å²) in [6, 6.07) is 17.3. The van der Waals surface area contributed by atoms with Crippen LogP contribution in [-0.4, -0.2) is 50.0 Å². The molecule has 1 aliphatic heterocycles. The third-order valence-corrected chi connectivity index (χ3v) is 9.16. The van der Waals surface area contributed by atoms with Gasteiger partial charge in [-0.3, -0.25) is 4.79 Å². The number of aromatic hydroxyl groups is 1. The predicted molar refractivity (Wildman–Crippen MR) is 132 cm³/mol. The summed E-state index contributed by atoms with van der Waals surface area (Å²) >= 11 is 1.17. The molecule has 2 aromatic carbocycles. The largest absolute Gasteiger partial charge is 0.506 e. The lowest BCUT2D eigenvalue weighted by molar-refractivity contribution is 0.0951. The molecule has 0 atom stereocenters. The summed E-state index contributed by atoms with van der Waals surface area (Å²) in [5.74, 6) is 0.523. The molecule has 0 spiro atoms. The Morgan fingerprint density at radius 2 is 1.88 bits per heavy atom. The molecule has 3 N–H and O–H groups in total. The van der Waals surface area contributed by atoms with Gasteiger partial charge in [-0.05, 0) is 55.3 Å². The van der Waals surface area contributed by atoms with Crippen molar-refractivity contribution in [2.75, 3.05) is 25.5 Å². The van der Waals surface area contributed by atoms with E-state index in [-0.39, 0.29) is 28.5 Å². The summed E-state index contributed by atoms with van der Waals surface area (Å²) in [4.78, 5) is 13.2. The molecular formula is C24H27N3O5S2. The molecule has 0 radical (unpaired) electrons. The first-order valence-corrected chi connectivity index (χ1v) is 13.2. The second-order valence-electron chi connectivity index (χ2n) is 7.98. The molecule has 1 aliphatic rings. The Balaban J connectivity index is 1.32. The molecule has 34 heavy (non-hydrogen) atoms. The third-order valence-electron chi connectivity index (χ3n) is 5.70. The van der Waals surface area contributed by atoms with Crippen molar-refractivity contribution >= 4 is 33.0 Å². The summed E-state index contributed by atoms with van der Waals surface area (Å²) < 4.78 is 33.2. The van der Waals surface area contributed by atoms with E-state index in [9.17, 15) is 18.3 Å². The van der Waals surface area contributed by atoms with Crippen LogP contribution < -0.4 is 15.4 Å². The van der Waals surface area contributed by atoms with E-state index in [2.05, 4.69) is 10.6 Å². The fraction of sp³-hybridized carbons (Fsp3) is 0.292. The van der Waals surface area contributed by atoms with Gasteiger partial charge in [0, 0.05) is 29.6 Å². The van der Waals surface area contributed by atoms with Crippen molar-refractivity contribution in [1.82, 2.24) is 9.62 Å². The van der Waals surface area contributed by atoms with Crippen LogP contribution in [0.2, 0.25) is 0 Å². The van der Waals surface area contributed by atoms with Gasteiger partial charge in [-0.15, -0.1) is 11.3 Å². The molecule has 1 aromatic heterocycles. The Kier molecular flexibility index (Phi) is 7.40. The Morgan fingerprint density at radius 1 is 1.12 bits per heavy atom. The Morgan fingerprint density at radius 3 is 2.62 bits per heavy atom. The maximum absolute atomic E-state index is 13.1. The SMILES string of the molecule is COc1cccc(C(=O)NCc2ccc(S(=O)(=O)N3CCC(Nc4ccccc4O)CC3)s2)c1. The number of carbonyl (C=O) groups excluding carboxylic acids is 1. The first-order valence-electron chi connectivity index (χ1n) is 10.9. The maximum atomic E-state index is 13.1. The van der Waals surface area contributed by atoms with Crippen LogP contribution in [-0.2, 0) is 16.6 Å². The molecule has 1 saturated heterocycles. The lowest BCUT2D eigenvalue weighted by atomic mass is 10.1. The summed E-state index contributed by atoms with van der Waals surface area (Å²) in [5.41, 5.74) is 1.13. The van der Waals surface area contributed by atoms with E-state index in [0.717, 1.165) is 4.88 Å². The first kappa shape index (κ1) is 24.1. The standard InChI is InChI=1S/C24H27N3O5S2/c1-32-19-6-4-5-17(15-19)24(29)25-16-20-9-10-23(33-20)34(30,31)27-13-11-18(12-14-27)26-21-7-2-3-8-22(21)28/h2-10,15,18,26,28H,11-14,16H2,1H3,(H,25,29). The van der Waals surface area contributed by atoms with E-state index in [1.54, 1.807) is 54.6 Å². The number of piperidine rings is 1. The Hall–Kier alpha value is -3.08. The summed E-state index contributed by atoms with van der Waals surface area (Å²) in [7, 11) is -2.06. The number of nitrogens with zero attached hydrogens (tertiary/aromatic N) is 1. The molecule has 2 heterocycles. The van der Waals surface area contributed by atoms with Crippen LogP contribution in [0.1, 0.15) is 28.1 Å². The Bertz CT molecular complexity index is 1250. The van der Waals surface area contributed by atoms with Crippen molar-refractivity contribution in [3.8, 4) is 11.5 Å². The zero-order valence-corrected chi connectivity index (χ0v) is 20.4. The van der Waals surface area contributed by atoms with Crippen LogP contribution in [0.3, 0.4) is 0 Å². The minimum absolute atomic E-state index is 0.0884. The highest BCUT2D eigenvalue weighted by atomic mass is 32.2. The minimum Gasteiger partial charge on any atom is -0.506 e. The molecule has 1 amide bonds. The molecule has 4 rings (SSSR count). The number of benzene rings is 2.